The number of piperidine rings is 1. The lowest BCUT2D eigenvalue weighted by molar-refractivity contribution is 0.568. The van der Waals surface area contributed by atoms with Crippen molar-refractivity contribution in [2.75, 3.05) is 28.7 Å². The molecule has 2 aromatic carbocycles. The second-order valence-electron chi connectivity index (χ2n) is 8.04. The number of benzene rings is 2. The number of hydrogen-bond acceptors (Lipinski definition) is 8. The van der Waals surface area contributed by atoms with Crippen molar-refractivity contribution in [2.24, 2.45) is 5.10 Å². The molecule has 35 heavy (non-hydrogen) atoms. The zero-order valence-electron chi connectivity index (χ0n) is 18.8. The van der Waals surface area contributed by atoms with Gasteiger partial charge in [-0.05, 0) is 79.9 Å². The number of furan rings is 1. The molecule has 8 nitrogen and oxygen atoms in total. The van der Waals surface area contributed by atoms with E-state index in [4.69, 9.17) is 16.0 Å². The minimum atomic E-state index is -0.311. The van der Waals surface area contributed by atoms with Crippen molar-refractivity contribution < 1.29 is 8.81 Å². The molecule has 2 aromatic heterocycles. The number of nitrogens with zero attached hydrogens (tertiary/aromatic N) is 5. The highest BCUT2D eigenvalue weighted by Crippen LogP contribution is 2.24. The Balaban J connectivity index is 1.33. The quantitative estimate of drug-likeness (QED) is 0.238. The first-order chi connectivity index (χ1) is 17.1. The Morgan fingerprint density at radius 1 is 0.886 bits per heavy atom. The fourth-order valence-electron chi connectivity index (χ4n) is 3.71. The molecule has 0 radical (unpaired) electrons. The van der Waals surface area contributed by atoms with Gasteiger partial charge in [-0.25, -0.2) is 9.82 Å². The van der Waals surface area contributed by atoms with Gasteiger partial charge in [-0.3, -0.25) is 0 Å². The molecular weight excluding hydrogens is 469 g/mol. The number of nitrogens with one attached hydrogen (secondary N) is 2. The van der Waals surface area contributed by atoms with Crippen LogP contribution in [0.25, 0.3) is 11.3 Å². The van der Waals surface area contributed by atoms with Gasteiger partial charge in [-0.1, -0.05) is 11.6 Å². The zero-order valence-corrected chi connectivity index (χ0v) is 19.5. The Morgan fingerprint density at radius 2 is 1.63 bits per heavy atom. The highest BCUT2D eigenvalue weighted by atomic mass is 35.5. The third kappa shape index (κ3) is 5.93. The molecule has 0 saturated carbocycles. The van der Waals surface area contributed by atoms with Gasteiger partial charge in [0.15, 0.2) is 0 Å². The molecule has 1 aliphatic heterocycles. The first kappa shape index (κ1) is 22.8. The second-order valence-corrected chi connectivity index (χ2v) is 8.48. The van der Waals surface area contributed by atoms with Crippen molar-refractivity contribution >= 4 is 41.3 Å². The van der Waals surface area contributed by atoms with Crippen molar-refractivity contribution in [1.82, 2.24) is 15.0 Å². The van der Waals surface area contributed by atoms with E-state index < -0.39 is 0 Å². The minimum absolute atomic E-state index is 0.283. The van der Waals surface area contributed by atoms with Crippen LogP contribution in [-0.2, 0) is 0 Å². The zero-order chi connectivity index (χ0) is 24.0. The first-order valence-electron chi connectivity index (χ1n) is 11.3. The molecule has 1 aliphatic rings. The summed E-state index contributed by atoms with van der Waals surface area (Å²) >= 11 is 5.96. The topological polar surface area (TPSA) is 91.5 Å². The highest BCUT2D eigenvalue weighted by molar-refractivity contribution is 6.30. The van der Waals surface area contributed by atoms with E-state index in [0.29, 0.717) is 34.1 Å². The van der Waals surface area contributed by atoms with Crippen LogP contribution < -0.4 is 15.6 Å². The highest BCUT2D eigenvalue weighted by Gasteiger charge is 2.16. The molecule has 2 N–H and O–H groups in total. The molecule has 0 spiro atoms. The van der Waals surface area contributed by atoms with E-state index in [1.165, 1.54) is 18.6 Å². The third-order valence-corrected chi connectivity index (χ3v) is 5.73. The molecule has 5 rings (SSSR count). The lowest BCUT2D eigenvalue weighted by Crippen LogP contribution is -2.31. The fraction of sp³-hybridized carbons (Fsp3) is 0.200. The number of anilines is 4. The van der Waals surface area contributed by atoms with Crippen molar-refractivity contribution in [3.63, 3.8) is 0 Å². The van der Waals surface area contributed by atoms with Gasteiger partial charge in [-0.15, -0.1) is 0 Å². The summed E-state index contributed by atoms with van der Waals surface area (Å²) < 4.78 is 19.1. The van der Waals surface area contributed by atoms with Crippen LogP contribution in [-0.4, -0.2) is 34.3 Å². The van der Waals surface area contributed by atoms with E-state index in [2.05, 4.69) is 35.7 Å². The molecule has 0 unspecified atom stereocenters. The second kappa shape index (κ2) is 10.5. The van der Waals surface area contributed by atoms with Gasteiger partial charge < -0.3 is 14.6 Å². The Hall–Kier alpha value is -3.98. The first-order valence-corrected chi connectivity index (χ1v) is 11.7. The summed E-state index contributed by atoms with van der Waals surface area (Å²) in [5, 5.41) is 8.02. The van der Waals surface area contributed by atoms with E-state index in [-0.39, 0.29) is 11.8 Å². The van der Waals surface area contributed by atoms with Gasteiger partial charge in [0.25, 0.3) is 0 Å². The summed E-state index contributed by atoms with van der Waals surface area (Å²) in [7, 11) is 0. The Bertz CT molecular complexity index is 1300. The summed E-state index contributed by atoms with van der Waals surface area (Å²) in [5.74, 6) is 2.15. The minimum Gasteiger partial charge on any atom is -0.455 e. The van der Waals surface area contributed by atoms with Gasteiger partial charge in [0.2, 0.25) is 17.8 Å². The summed E-state index contributed by atoms with van der Waals surface area (Å²) in [6, 6.07) is 17.1. The van der Waals surface area contributed by atoms with Crippen molar-refractivity contribution in [2.45, 2.75) is 19.3 Å². The molecule has 1 saturated heterocycles. The third-order valence-electron chi connectivity index (χ3n) is 5.47. The maximum atomic E-state index is 13.3. The molecule has 10 heteroatoms. The van der Waals surface area contributed by atoms with Gasteiger partial charge in [0, 0.05) is 29.4 Å². The van der Waals surface area contributed by atoms with Gasteiger partial charge >= 0.3 is 0 Å². The molecule has 178 valence electrons. The van der Waals surface area contributed by atoms with Crippen LogP contribution in [0.1, 0.15) is 25.0 Å². The van der Waals surface area contributed by atoms with Crippen LogP contribution in [0, 0.1) is 5.82 Å². The lowest BCUT2D eigenvalue weighted by atomic mass is 10.1. The maximum Gasteiger partial charge on any atom is 0.250 e. The largest absolute Gasteiger partial charge is 0.455 e. The molecule has 0 aliphatic carbocycles. The molecule has 4 aromatic rings. The van der Waals surface area contributed by atoms with Gasteiger partial charge in [0.1, 0.15) is 17.3 Å². The average molecular weight is 492 g/mol. The van der Waals surface area contributed by atoms with Crippen LogP contribution >= 0.6 is 11.6 Å². The summed E-state index contributed by atoms with van der Waals surface area (Å²) in [4.78, 5) is 15.6. The van der Waals surface area contributed by atoms with E-state index >= 15 is 0 Å². The standard InChI is InChI=1S/C25H23ClFN7O/c26-18-6-4-17(5-7-18)22-13-12-21(35-22)16-28-33-24-30-23(29-20-10-8-19(27)9-11-20)31-25(32-24)34-14-2-1-3-15-34/h4-13,16H,1-3,14-15H2,(H2,29,30,31,32,33)/b28-16+. The van der Waals surface area contributed by atoms with E-state index in [1.54, 1.807) is 18.3 Å². The van der Waals surface area contributed by atoms with Crippen LogP contribution in [0.15, 0.2) is 70.2 Å². The molecule has 0 bridgehead atoms. The van der Waals surface area contributed by atoms with Crippen molar-refractivity contribution in [3.05, 3.63) is 77.3 Å². The monoisotopic (exact) mass is 491 g/mol. The SMILES string of the molecule is Fc1ccc(Nc2nc(N/N=C/c3ccc(-c4ccc(Cl)cc4)o3)nc(N3CCCCC3)n2)cc1. The lowest BCUT2D eigenvalue weighted by Gasteiger charge is -2.26. The average Bonchev–Trinajstić information content (AvgIpc) is 3.35. The smallest absolute Gasteiger partial charge is 0.250 e. The molecule has 3 heterocycles. The van der Waals surface area contributed by atoms with Crippen LogP contribution in [0.4, 0.5) is 27.9 Å². The molecule has 1 fully saturated rings. The number of aromatic nitrogens is 3. The van der Waals surface area contributed by atoms with E-state index in [0.717, 1.165) is 31.5 Å². The number of hydrogen-bond donors (Lipinski definition) is 2. The normalized spacial score (nSPS) is 13.8. The maximum absolute atomic E-state index is 13.3. The van der Waals surface area contributed by atoms with Gasteiger partial charge in [0.05, 0.1) is 6.21 Å². The number of halogens is 2. The fourth-order valence-corrected chi connectivity index (χ4v) is 3.84. The predicted octanol–water partition coefficient (Wildman–Crippen LogP) is 6.10. The molecular formula is C25H23ClFN7O. The van der Waals surface area contributed by atoms with Gasteiger partial charge in [-0.2, -0.15) is 20.1 Å². The number of rotatable bonds is 7. The Morgan fingerprint density at radius 3 is 2.40 bits per heavy atom. The van der Waals surface area contributed by atoms with Crippen LogP contribution in [0.5, 0.6) is 0 Å². The van der Waals surface area contributed by atoms with Crippen molar-refractivity contribution in [3.8, 4) is 11.3 Å². The van der Waals surface area contributed by atoms with E-state index in [9.17, 15) is 4.39 Å². The van der Waals surface area contributed by atoms with E-state index in [1.807, 2.05) is 36.4 Å². The summed E-state index contributed by atoms with van der Waals surface area (Å²) in [6.45, 7) is 1.76. The molecule has 0 atom stereocenters. The van der Waals surface area contributed by atoms with Crippen LogP contribution in [0.2, 0.25) is 5.02 Å². The predicted molar refractivity (Wildman–Crippen MR) is 136 cm³/mol. The van der Waals surface area contributed by atoms with Crippen molar-refractivity contribution in [1.29, 1.82) is 0 Å². The van der Waals surface area contributed by atoms with Crippen LogP contribution in [0.3, 0.4) is 0 Å². The number of hydrazone groups is 1. The summed E-state index contributed by atoms with van der Waals surface area (Å²) in [5.41, 5.74) is 4.45. The Labute approximate surface area is 206 Å². The molecule has 0 amide bonds. The summed E-state index contributed by atoms with van der Waals surface area (Å²) in [6.07, 6.45) is 4.92. The Kier molecular flexibility index (Phi) is 6.85.